The van der Waals surface area contributed by atoms with Crippen molar-refractivity contribution in [2.45, 2.75) is 6.04 Å². The van der Waals surface area contributed by atoms with E-state index in [1.54, 1.807) is 19.2 Å². The molecule has 1 atom stereocenters. The van der Waals surface area contributed by atoms with E-state index in [4.69, 9.17) is 9.47 Å². The van der Waals surface area contributed by atoms with E-state index in [-0.39, 0.29) is 11.3 Å². The van der Waals surface area contributed by atoms with Crippen LogP contribution in [0.25, 0.3) is 0 Å². The number of benzene rings is 3. The monoisotopic (exact) mass is 391 g/mol. The molecule has 0 unspecified atom stereocenters. The smallest absolute Gasteiger partial charge is 0.342 e. The molecular weight excluding hydrogens is 370 g/mol. The largest absolute Gasteiger partial charge is 0.507 e. The molecule has 6 heteroatoms. The number of nitrogens with one attached hydrogen (secondary N) is 1. The van der Waals surface area contributed by atoms with Gasteiger partial charge in [-0.3, -0.25) is 4.79 Å². The van der Waals surface area contributed by atoms with Crippen LogP contribution in [0.1, 0.15) is 27.5 Å². The summed E-state index contributed by atoms with van der Waals surface area (Å²) in [5.74, 6) is -0.709. The Hall–Kier alpha value is -3.80. The molecule has 148 valence electrons. The highest BCUT2D eigenvalue weighted by Gasteiger charge is 2.19. The Kier molecular flexibility index (Phi) is 6.47. The van der Waals surface area contributed by atoms with E-state index < -0.39 is 24.5 Å². The molecule has 0 bridgehead atoms. The highest BCUT2D eigenvalue weighted by Crippen LogP contribution is 2.24. The lowest BCUT2D eigenvalue weighted by Crippen LogP contribution is -2.33. The Morgan fingerprint density at radius 2 is 1.52 bits per heavy atom. The SMILES string of the molecule is COc1ccc([C@H](NC(=O)COC(=O)c2ccccc2O)c2ccccc2)cc1. The second-order valence-electron chi connectivity index (χ2n) is 6.28. The molecule has 1 amide bonds. The molecule has 0 fully saturated rings. The number of carbonyl (C=O) groups excluding carboxylic acids is 2. The zero-order chi connectivity index (χ0) is 20.6. The summed E-state index contributed by atoms with van der Waals surface area (Å²) in [7, 11) is 1.59. The Bertz CT molecular complexity index is 970. The van der Waals surface area contributed by atoms with Crippen LogP contribution in [0.5, 0.6) is 11.5 Å². The average molecular weight is 391 g/mol. The predicted octanol–water partition coefficient (Wildman–Crippen LogP) is 3.46. The fraction of sp³-hybridized carbons (Fsp3) is 0.130. The first kappa shape index (κ1) is 19.9. The maximum absolute atomic E-state index is 12.5. The minimum atomic E-state index is -0.765. The quantitative estimate of drug-likeness (QED) is 0.603. The lowest BCUT2D eigenvalue weighted by Gasteiger charge is -2.20. The number of phenols is 1. The van der Waals surface area contributed by atoms with Crippen molar-refractivity contribution >= 4 is 11.9 Å². The van der Waals surface area contributed by atoms with E-state index in [1.165, 1.54) is 12.1 Å². The van der Waals surface area contributed by atoms with Crippen LogP contribution in [0.4, 0.5) is 0 Å². The number of phenolic OH excluding ortho intramolecular Hbond substituents is 1. The highest BCUT2D eigenvalue weighted by atomic mass is 16.5. The molecule has 29 heavy (non-hydrogen) atoms. The molecule has 3 aromatic rings. The molecule has 3 rings (SSSR count). The number of ether oxygens (including phenoxy) is 2. The van der Waals surface area contributed by atoms with E-state index in [1.807, 2.05) is 54.6 Å². The third-order valence-electron chi connectivity index (χ3n) is 4.35. The fourth-order valence-corrected chi connectivity index (χ4v) is 2.86. The van der Waals surface area contributed by atoms with Gasteiger partial charge in [0.25, 0.3) is 5.91 Å². The van der Waals surface area contributed by atoms with Gasteiger partial charge in [0.2, 0.25) is 0 Å². The molecular formula is C23H21NO5. The maximum atomic E-state index is 12.5. The number of rotatable bonds is 7. The number of aromatic hydroxyl groups is 1. The van der Waals surface area contributed by atoms with Crippen molar-refractivity contribution < 1.29 is 24.2 Å². The lowest BCUT2D eigenvalue weighted by molar-refractivity contribution is -0.124. The third-order valence-corrected chi connectivity index (χ3v) is 4.35. The summed E-state index contributed by atoms with van der Waals surface area (Å²) < 4.78 is 10.2. The fourth-order valence-electron chi connectivity index (χ4n) is 2.86. The summed E-state index contributed by atoms with van der Waals surface area (Å²) in [4.78, 5) is 24.6. The highest BCUT2D eigenvalue weighted by molar-refractivity contribution is 5.93. The summed E-state index contributed by atoms with van der Waals surface area (Å²) >= 11 is 0. The molecule has 0 aromatic heterocycles. The summed E-state index contributed by atoms with van der Waals surface area (Å²) in [6, 6.07) is 22.4. The van der Waals surface area contributed by atoms with Gasteiger partial charge in [-0.2, -0.15) is 0 Å². The van der Waals surface area contributed by atoms with E-state index in [0.717, 1.165) is 11.1 Å². The molecule has 6 nitrogen and oxygen atoms in total. The van der Waals surface area contributed by atoms with Crippen LogP contribution in [-0.4, -0.2) is 30.7 Å². The van der Waals surface area contributed by atoms with Gasteiger partial charge in [-0.15, -0.1) is 0 Å². The van der Waals surface area contributed by atoms with E-state index in [0.29, 0.717) is 5.75 Å². The number of carbonyl (C=O) groups is 2. The van der Waals surface area contributed by atoms with Crippen LogP contribution < -0.4 is 10.1 Å². The van der Waals surface area contributed by atoms with Crippen molar-refractivity contribution in [1.82, 2.24) is 5.32 Å². The van der Waals surface area contributed by atoms with Crippen LogP contribution in [-0.2, 0) is 9.53 Å². The second-order valence-corrected chi connectivity index (χ2v) is 6.28. The number of hydrogen-bond donors (Lipinski definition) is 2. The van der Waals surface area contributed by atoms with Crippen LogP contribution in [0, 0.1) is 0 Å². The van der Waals surface area contributed by atoms with Gasteiger partial charge in [0.05, 0.1) is 13.2 Å². The molecule has 0 aliphatic heterocycles. The zero-order valence-electron chi connectivity index (χ0n) is 15.9. The van der Waals surface area contributed by atoms with Gasteiger partial charge >= 0.3 is 5.97 Å². The predicted molar refractivity (Wildman–Crippen MR) is 108 cm³/mol. The Morgan fingerprint density at radius 3 is 2.17 bits per heavy atom. The van der Waals surface area contributed by atoms with E-state index in [2.05, 4.69) is 5.32 Å². The third kappa shape index (κ3) is 5.13. The molecule has 0 spiro atoms. The van der Waals surface area contributed by atoms with Crippen molar-refractivity contribution in [3.63, 3.8) is 0 Å². The topological polar surface area (TPSA) is 84.9 Å². The first-order valence-electron chi connectivity index (χ1n) is 9.02. The van der Waals surface area contributed by atoms with E-state index in [9.17, 15) is 14.7 Å². The van der Waals surface area contributed by atoms with Crippen LogP contribution in [0.15, 0.2) is 78.9 Å². The molecule has 0 saturated heterocycles. The van der Waals surface area contributed by atoms with Crippen molar-refractivity contribution in [1.29, 1.82) is 0 Å². The standard InChI is InChI=1S/C23H21NO5/c1-28-18-13-11-17(12-14-18)22(16-7-3-2-4-8-16)24-21(26)15-29-23(27)19-9-5-6-10-20(19)25/h2-14,22,25H,15H2,1H3,(H,24,26)/t22-/m1/s1. The van der Waals surface area contributed by atoms with Crippen molar-refractivity contribution in [2.75, 3.05) is 13.7 Å². The summed E-state index contributed by atoms with van der Waals surface area (Å²) in [6.07, 6.45) is 0. The molecule has 0 aliphatic carbocycles. The van der Waals surface area contributed by atoms with Crippen LogP contribution in [0.3, 0.4) is 0 Å². The number of hydrogen-bond acceptors (Lipinski definition) is 5. The van der Waals surface area contributed by atoms with Gasteiger partial charge in [0.15, 0.2) is 6.61 Å². The molecule has 0 radical (unpaired) electrons. The first-order valence-corrected chi connectivity index (χ1v) is 9.02. The van der Waals surface area contributed by atoms with E-state index >= 15 is 0 Å². The minimum absolute atomic E-state index is 0.00932. The first-order chi connectivity index (χ1) is 14.1. The van der Waals surface area contributed by atoms with Gasteiger partial charge < -0.3 is 19.9 Å². The summed E-state index contributed by atoms with van der Waals surface area (Å²) in [5, 5.41) is 12.6. The Morgan fingerprint density at radius 1 is 0.897 bits per heavy atom. The number of methoxy groups -OCH3 is 1. The molecule has 3 aromatic carbocycles. The summed E-state index contributed by atoms with van der Waals surface area (Å²) in [6.45, 7) is -0.466. The molecule has 2 N–H and O–H groups in total. The number of para-hydroxylation sites is 1. The normalized spacial score (nSPS) is 11.3. The lowest BCUT2D eigenvalue weighted by atomic mass is 9.98. The minimum Gasteiger partial charge on any atom is -0.507 e. The average Bonchev–Trinajstić information content (AvgIpc) is 2.77. The Balaban J connectivity index is 1.71. The van der Waals surface area contributed by atoms with Gasteiger partial charge in [-0.1, -0.05) is 54.6 Å². The van der Waals surface area contributed by atoms with Gasteiger partial charge in [-0.25, -0.2) is 4.79 Å². The number of amides is 1. The maximum Gasteiger partial charge on any atom is 0.342 e. The van der Waals surface area contributed by atoms with Crippen molar-refractivity contribution in [3.8, 4) is 11.5 Å². The van der Waals surface area contributed by atoms with Gasteiger partial charge in [0.1, 0.15) is 17.1 Å². The van der Waals surface area contributed by atoms with Crippen molar-refractivity contribution in [2.24, 2.45) is 0 Å². The zero-order valence-corrected chi connectivity index (χ0v) is 15.9. The number of esters is 1. The van der Waals surface area contributed by atoms with Gasteiger partial charge in [0, 0.05) is 0 Å². The van der Waals surface area contributed by atoms with Crippen molar-refractivity contribution in [3.05, 3.63) is 95.6 Å². The second kappa shape index (κ2) is 9.41. The van der Waals surface area contributed by atoms with Gasteiger partial charge in [-0.05, 0) is 35.4 Å². The Labute approximate surface area is 168 Å². The molecule has 0 aliphatic rings. The van der Waals surface area contributed by atoms with Crippen LogP contribution in [0.2, 0.25) is 0 Å². The summed E-state index contributed by atoms with van der Waals surface area (Å²) in [5.41, 5.74) is 1.76. The van der Waals surface area contributed by atoms with Crippen LogP contribution >= 0.6 is 0 Å². The molecule has 0 saturated carbocycles. The molecule has 0 heterocycles.